The summed E-state index contributed by atoms with van der Waals surface area (Å²) in [5.41, 5.74) is 1.26. The molecule has 1 aliphatic heterocycles. The molecule has 0 aliphatic carbocycles. The van der Waals surface area contributed by atoms with Crippen LogP contribution in [0.4, 0.5) is 5.69 Å². The molecule has 1 saturated heterocycles. The van der Waals surface area contributed by atoms with Crippen molar-refractivity contribution in [2.24, 2.45) is 5.92 Å². The van der Waals surface area contributed by atoms with Crippen LogP contribution in [0.3, 0.4) is 0 Å². The Labute approximate surface area is 181 Å². The fourth-order valence-corrected chi connectivity index (χ4v) is 4.51. The normalized spacial score (nSPS) is 19.5. The number of rotatable bonds is 5. The van der Waals surface area contributed by atoms with E-state index in [1.807, 2.05) is 48.7 Å². The lowest BCUT2D eigenvalue weighted by Gasteiger charge is -2.40. The number of benzene rings is 1. The maximum absolute atomic E-state index is 13.1. The molecule has 6 nitrogen and oxygen atoms in total. The Morgan fingerprint density at radius 1 is 1.20 bits per heavy atom. The molecule has 160 valence electrons. The highest BCUT2D eigenvalue weighted by Gasteiger charge is 2.42. The zero-order chi connectivity index (χ0) is 21.9. The molecule has 2 aromatic rings. The monoisotopic (exact) mass is 428 g/mol. The lowest BCUT2D eigenvalue weighted by Crippen LogP contribution is -2.49. The third-order valence-electron chi connectivity index (χ3n) is 4.91. The summed E-state index contributed by atoms with van der Waals surface area (Å²) in [4.78, 5) is 40.7. The van der Waals surface area contributed by atoms with Crippen LogP contribution in [-0.2, 0) is 19.1 Å². The number of thiophene rings is 1. The zero-order valence-electron chi connectivity index (χ0n) is 17.8. The maximum atomic E-state index is 13.1. The van der Waals surface area contributed by atoms with Gasteiger partial charge in [-0.2, -0.15) is 0 Å². The number of hydrogen-bond acceptors (Lipinski definition) is 5. The standard InChI is InChI=1S/C23H28N2O4S/c1-15-7-9-16(10-8-15)25-19(26)12-11-17(21(25)18-6-5-13-30-18)22(28)24-14-20(27)29-23(2,3)4/h5-10,13,17,21H,11-12,14H2,1-4H3,(H,24,28). The first kappa shape index (κ1) is 22.0. The molecule has 3 rings (SSSR count). The van der Waals surface area contributed by atoms with Gasteiger partial charge in [0.2, 0.25) is 11.8 Å². The zero-order valence-corrected chi connectivity index (χ0v) is 18.6. The minimum absolute atomic E-state index is 0.00607. The molecule has 2 heterocycles. The van der Waals surface area contributed by atoms with Crippen molar-refractivity contribution in [2.45, 2.75) is 52.2 Å². The van der Waals surface area contributed by atoms with E-state index < -0.39 is 23.5 Å². The van der Waals surface area contributed by atoms with Crippen molar-refractivity contribution >= 4 is 34.8 Å². The van der Waals surface area contributed by atoms with Crippen molar-refractivity contribution < 1.29 is 19.1 Å². The molecular weight excluding hydrogens is 400 g/mol. The van der Waals surface area contributed by atoms with E-state index in [4.69, 9.17) is 4.74 Å². The van der Waals surface area contributed by atoms with E-state index in [1.165, 1.54) is 11.3 Å². The Hall–Kier alpha value is -2.67. The third-order valence-corrected chi connectivity index (χ3v) is 5.85. The fourth-order valence-electron chi connectivity index (χ4n) is 3.63. The number of amides is 2. The predicted octanol–water partition coefficient (Wildman–Crippen LogP) is 4.00. The number of nitrogens with zero attached hydrogens (tertiary/aromatic N) is 1. The number of piperidine rings is 1. The Kier molecular flexibility index (Phi) is 6.61. The number of carbonyl (C=O) groups is 3. The van der Waals surface area contributed by atoms with Crippen molar-refractivity contribution in [2.75, 3.05) is 11.4 Å². The van der Waals surface area contributed by atoms with E-state index in [9.17, 15) is 14.4 Å². The van der Waals surface area contributed by atoms with Gasteiger partial charge in [-0.05, 0) is 57.7 Å². The molecule has 1 N–H and O–H groups in total. The summed E-state index contributed by atoms with van der Waals surface area (Å²) in [6, 6.07) is 11.2. The summed E-state index contributed by atoms with van der Waals surface area (Å²) >= 11 is 1.52. The summed E-state index contributed by atoms with van der Waals surface area (Å²) in [6.45, 7) is 7.15. The second kappa shape index (κ2) is 9.00. The molecule has 7 heteroatoms. The average Bonchev–Trinajstić information content (AvgIpc) is 3.20. The summed E-state index contributed by atoms with van der Waals surface area (Å²) in [5.74, 6) is -1.19. The molecule has 2 amide bonds. The van der Waals surface area contributed by atoms with Crippen molar-refractivity contribution in [3.8, 4) is 0 Å². The second-order valence-electron chi connectivity index (χ2n) is 8.51. The molecule has 1 aromatic carbocycles. The van der Waals surface area contributed by atoms with E-state index in [2.05, 4.69) is 5.32 Å². The molecule has 2 atom stereocenters. The van der Waals surface area contributed by atoms with Crippen molar-refractivity contribution in [3.63, 3.8) is 0 Å². The minimum atomic E-state index is -0.610. The SMILES string of the molecule is Cc1ccc(N2C(=O)CCC(C(=O)NCC(=O)OC(C)(C)C)C2c2cccs2)cc1. The van der Waals surface area contributed by atoms with Gasteiger partial charge in [0.05, 0.1) is 12.0 Å². The van der Waals surface area contributed by atoms with Crippen molar-refractivity contribution in [1.29, 1.82) is 0 Å². The Morgan fingerprint density at radius 2 is 1.90 bits per heavy atom. The van der Waals surface area contributed by atoms with Gasteiger partial charge < -0.3 is 15.0 Å². The molecular formula is C23H28N2O4S. The summed E-state index contributed by atoms with van der Waals surface area (Å²) in [6.07, 6.45) is 0.712. The average molecular weight is 429 g/mol. The van der Waals surface area contributed by atoms with E-state index >= 15 is 0 Å². The second-order valence-corrected chi connectivity index (χ2v) is 9.49. The highest BCUT2D eigenvalue weighted by Crippen LogP contribution is 2.41. The van der Waals surface area contributed by atoms with E-state index in [1.54, 1.807) is 25.7 Å². The van der Waals surface area contributed by atoms with Gasteiger partial charge >= 0.3 is 5.97 Å². The highest BCUT2D eigenvalue weighted by molar-refractivity contribution is 7.10. The van der Waals surface area contributed by atoms with Crippen LogP contribution in [0.1, 0.15) is 50.1 Å². The first-order chi connectivity index (χ1) is 14.2. The molecule has 0 bridgehead atoms. The molecule has 0 saturated carbocycles. The molecule has 2 unspecified atom stereocenters. The Bertz CT molecular complexity index is 900. The van der Waals surface area contributed by atoms with Gasteiger partial charge in [-0.3, -0.25) is 14.4 Å². The van der Waals surface area contributed by atoms with Gasteiger partial charge in [0.25, 0.3) is 0 Å². The minimum Gasteiger partial charge on any atom is -0.459 e. The number of nitrogens with one attached hydrogen (secondary N) is 1. The van der Waals surface area contributed by atoms with Gasteiger partial charge in [0.1, 0.15) is 12.1 Å². The molecule has 1 aliphatic rings. The smallest absolute Gasteiger partial charge is 0.325 e. The molecule has 0 spiro atoms. The summed E-state index contributed by atoms with van der Waals surface area (Å²) < 4.78 is 5.28. The van der Waals surface area contributed by atoms with Crippen LogP contribution in [0.5, 0.6) is 0 Å². The van der Waals surface area contributed by atoms with Gasteiger partial charge in [-0.15, -0.1) is 11.3 Å². The van der Waals surface area contributed by atoms with Crippen LogP contribution in [0.25, 0.3) is 0 Å². The Morgan fingerprint density at radius 3 is 2.50 bits per heavy atom. The number of carbonyl (C=O) groups excluding carboxylic acids is 3. The van der Waals surface area contributed by atoms with Crippen molar-refractivity contribution in [1.82, 2.24) is 5.32 Å². The summed E-state index contributed by atoms with van der Waals surface area (Å²) in [7, 11) is 0. The fraction of sp³-hybridized carbons (Fsp3) is 0.435. The molecule has 0 radical (unpaired) electrons. The third kappa shape index (κ3) is 5.27. The van der Waals surface area contributed by atoms with Gasteiger partial charge in [-0.1, -0.05) is 23.8 Å². The molecule has 1 aromatic heterocycles. The number of aryl methyl sites for hydroxylation is 1. The maximum Gasteiger partial charge on any atom is 0.325 e. The van der Waals surface area contributed by atoms with Crippen LogP contribution in [0.15, 0.2) is 41.8 Å². The predicted molar refractivity (Wildman–Crippen MR) is 117 cm³/mol. The van der Waals surface area contributed by atoms with E-state index in [0.717, 1.165) is 16.1 Å². The van der Waals surface area contributed by atoms with Crippen LogP contribution in [-0.4, -0.2) is 29.9 Å². The van der Waals surface area contributed by atoms with Crippen molar-refractivity contribution in [3.05, 3.63) is 52.2 Å². The van der Waals surface area contributed by atoms with Crippen LogP contribution < -0.4 is 10.2 Å². The lowest BCUT2D eigenvalue weighted by atomic mass is 9.86. The van der Waals surface area contributed by atoms with Gasteiger partial charge in [0.15, 0.2) is 0 Å². The lowest BCUT2D eigenvalue weighted by molar-refractivity contribution is -0.155. The summed E-state index contributed by atoms with van der Waals surface area (Å²) in [5, 5.41) is 4.66. The number of esters is 1. The first-order valence-electron chi connectivity index (χ1n) is 10.1. The highest BCUT2D eigenvalue weighted by atomic mass is 32.1. The number of hydrogen-bond donors (Lipinski definition) is 1. The van der Waals surface area contributed by atoms with Crippen LogP contribution >= 0.6 is 11.3 Å². The van der Waals surface area contributed by atoms with Gasteiger partial charge in [0, 0.05) is 17.0 Å². The van der Waals surface area contributed by atoms with E-state index in [0.29, 0.717) is 6.42 Å². The number of ether oxygens (including phenoxy) is 1. The first-order valence-corrected chi connectivity index (χ1v) is 11.0. The largest absolute Gasteiger partial charge is 0.459 e. The Balaban J connectivity index is 1.84. The van der Waals surface area contributed by atoms with E-state index in [-0.39, 0.29) is 24.8 Å². The number of anilines is 1. The van der Waals surface area contributed by atoms with Crippen LogP contribution in [0, 0.1) is 12.8 Å². The van der Waals surface area contributed by atoms with Crippen LogP contribution in [0.2, 0.25) is 0 Å². The quantitative estimate of drug-likeness (QED) is 0.731. The molecule has 1 fully saturated rings. The van der Waals surface area contributed by atoms with Gasteiger partial charge in [-0.25, -0.2) is 0 Å². The topological polar surface area (TPSA) is 75.7 Å². The molecule has 30 heavy (non-hydrogen) atoms.